The van der Waals surface area contributed by atoms with E-state index in [1.165, 1.54) is 0 Å². The van der Waals surface area contributed by atoms with E-state index in [4.69, 9.17) is 15.1 Å². The summed E-state index contributed by atoms with van der Waals surface area (Å²) in [7, 11) is 1.92. The molecule has 2 heterocycles. The number of amides is 1. The Labute approximate surface area is 216 Å². The van der Waals surface area contributed by atoms with Crippen molar-refractivity contribution in [3.63, 3.8) is 0 Å². The molecule has 0 aliphatic carbocycles. The number of nitrogens with one attached hydrogen (secondary N) is 2. The zero-order valence-corrected chi connectivity index (χ0v) is 21.4. The molecule has 3 N–H and O–H groups in total. The molecule has 4 rings (SSSR count). The van der Waals surface area contributed by atoms with Gasteiger partial charge < -0.3 is 20.6 Å². The van der Waals surface area contributed by atoms with E-state index in [1.807, 2.05) is 92.5 Å². The van der Waals surface area contributed by atoms with Crippen molar-refractivity contribution in [2.45, 2.75) is 39.3 Å². The Bertz CT molecular complexity index is 1360. The predicted octanol–water partition coefficient (Wildman–Crippen LogP) is 5.38. The smallest absolute Gasteiger partial charge is 0.405 e. The van der Waals surface area contributed by atoms with Crippen LogP contribution in [0.3, 0.4) is 0 Å². The third-order valence-electron chi connectivity index (χ3n) is 5.91. The van der Waals surface area contributed by atoms with Crippen molar-refractivity contribution in [3.8, 4) is 11.4 Å². The molecule has 37 heavy (non-hydrogen) atoms. The Morgan fingerprint density at radius 1 is 0.973 bits per heavy atom. The number of aryl methyl sites for hydroxylation is 1. The molecule has 1 amide bonds. The summed E-state index contributed by atoms with van der Waals surface area (Å²) in [4.78, 5) is 31.4. The maximum Gasteiger partial charge on any atom is 0.405 e. The average molecular weight is 498 g/mol. The quantitative estimate of drug-likeness (QED) is 0.282. The molecule has 0 fully saturated rings. The zero-order chi connectivity index (χ0) is 26.4. The van der Waals surface area contributed by atoms with Crippen LogP contribution in [0.5, 0.6) is 0 Å². The molecular weight excluding hydrogens is 466 g/mol. The van der Waals surface area contributed by atoms with Gasteiger partial charge in [-0.1, -0.05) is 54.6 Å². The first-order valence-electron chi connectivity index (χ1n) is 12.1. The molecule has 2 aromatic carbocycles. The van der Waals surface area contributed by atoms with Gasteiger partial charge in [0.1, 0.15) is 11.6 Å². The summed E-state index contributed by atoms with van der Waals surface area (Å²) in [5.74, 6) is 2.63. The largest absolute Gasteiger partial charge is 0.465 e. The summed E-state index contributed by atoms with van der Waals surface area (Å²) in [6.45, 7) is 5.83. The zero-order valence-electron chi connectivity index (χ0n) is 21.4. The van der Waals surface area contributed by atoms with E-state index in [1.54, 1.807) is 6.20 Å². The van der Waals surface area contributed by atoms with Crippen LogP contribution in [0, 0.1) is 6.92 Å². The number of carboxylic acid groups (broad SMARTS) is 1. The lowest BCUT2D eigenvalue weighted by Gasteiger charge is -2.20. The summed E-state index contributed by atoms with van der Waals surface area (Å²) in [5.41, 5.74) is 3.79. The van der Waals surface area contributed by atoms with Gasteiger partial charge in [0.15, 0.2) is 5.82 Å². The van der Waals surface area contributed by atoms with E-state index in [0.29, 0.717) is 11.8 Å². The monoisotopic (exact) mass is 497 g/mol. The molecule has 2 unspecified atom stereocenters. The third-order valence-corrected chi connectivity index (χ3v) is 5.91. The molecule has 9 nitrogen and oxygen atoms in total. The molecule has 9 heteroatoms. The lowest BCUT2D eigenvalue weighted by Crippen LogP contribution is -2.25. The first kappa shape index (κ1) is 25.6. The third kappa shape index (κ3) is 6.78. The highest BCUT2D eigenvalue weighted by Crippen LogP contribution is 2.24. The highest BCUT2D eigenvalue weighted by molar-refractivity contribution is 5.65. The second-order valence-corrected chi connectivity index (χ2v) is 9.02. The van der Waals surface area contributed by atoms with E-state index >= 15 is 0 Å². The molecular formula is C28H31N7O2. The molecule has 2 atom stereocenters. The molecule has 0 bridgehead atoms. The summed E-state index contributed by atoms with van der Waals surface area (Å²) >= 11 is 0. The highest BCUT2D eigenvalue weighted by atomic mass is 16.4. The van der Waals surface area contributed by atoms with Crippen LogP contribution in [0.4, 0.5) is 22.4 Å². The number of benzene rings is 2. The van der Waals surface area contributed by atoms with Crippen LogP contribution in [0.1, 0.15) is 36.7 Å². The number of aromatic nitrogens is 4. The SMILES string of the molecule is Cc1cc(N(C)c2ccnc(-c3ccccc3)n2)nc(NC(C)Cc2cccc(C(C)NC(=O)O)c2)n1. The minimum absolute atomic E-state index is 0.0432. The maximum atomic E-state index is 11.0. The van der Waals surface area contributed by atoms with E-state index in [-0.39, 0.29) is 12.1 Å². The van der Waals surface area contributed by atoms with Gasteiger partial charge in [-0.3, -0.25) is 0 Å². The van der Waals surface area contributed by atoms with Crippen LogP contribution in [0.25, 0.3) is 11.4 Å². The summed E-state index contributed by atoms with van der Waals surface area (Å²) in [6.07, 6.45) is 1.43. The van der Waals surface area contributed by atoms with Gasteiger partial charge in [-0.25, -0.2) is 19.7 Å². The van der Waals surface area contributed by atoms with E-state index in [0.717, 1.165) is 40.4 Å². The summed E-state index contributed by atoms with van der Waals surface area (Å²) < 4.78 is 0. The van der Waals surface area contributed by atoms with Crippen molar-refractivity contribution in [1.82, 2.24) is 25.3 Å². The van der Waals surface area contributed by atoms with Crippen LogP contribution < -0.4 is 15.5 Å². The number of rotatable bonds is 9. The lowest BCUT2D eigenvalue weighted by molar-refractivity contribution is 0.191. The first-order valence-corrected chi connectivity index (χ1v) is 12.1. The fourth-order valence-electron chi connectivity index (χ4n) is 4.05. The van der Waals surface area contributed by atoms with E-state index in [9.17, 15) is 4.79 Å². The highest BCUT2D eigenvalue weighted by Gasteiger charge is 2.14. The van der Waals surface area contributed by atoms with Gasteiger partial charge in [0, 0.05) is 36.6 Å². The predicted molar refractivity (Wildman–Crippen MR) is 145 cm³/mol. The molecule has 0 aliphatic rings. The lowest BCUT2D eigenvalue weighted by atomic mass is 10.0. The Kier molecular flexibility index (Phi) is 7.92. The molecule has 0 spiro atoms. The molecule has 0 saturated carbocycles. The second-order valence-electron chi connectivity index (χ2n) is 9.02. The molecule has 4 aromatic rings. The van der Waals surface area contributed by atoms with Crippen molar-refractivity contribution in [2.24, 2.45) is 0 Å². The first-order chi connectivity index (χ1) is 17.8. The number of anilines is 3. The van der Waals surface area contributed by atoms with Crippen molar-refractivity contribution in [1.29, 1.82) is 0 Å². The van der Waals surface area contributed by atoms with Gasteiger partial charge in [0.2, 0.25) is 5.95 Å². The fourth-order valence-corrected chi connectivity index (χ4v) is 4.05. The Morgan fingerprint density at radius 2 is 1.76 bits per heavy atom. The molecule has 0 aliphatic heterocycles. The topological polar surface area (TPSA) is 116 Å². The van der Waals surface area contributed by atoms with Crippen molar-refractivity contribution in [2.75, 3.05) is 17.3 Å². The maximum absolute atomic E-state index is 11.0. The Balaban J connectivity index is 1.48. The van der Waals surface area contributed by atoms with Crippen LogP contribution in [-0.4, -0.2) is 44.2 Å². The Hall–Kier alpha value is -4.53. The van der Waals surface area contributed by atoms with Gasteiger partial charge in [0.05, 0.1) is 6.04 Å². The van der Waals surface area contributed by atoms with Crippen LogP contribution in [0.2, 0.25) is 0 Å². The van der Waals surface area contributed by atoms with E-state index < -0.39 is 6.09 Å². The van der Waals surface area contributed by atoms with Gasteiger partial charge in [-0.15, -0.1) is 0 Å². The van der Waals surface area contributed by atoms with Crippen LogP contribution >= 0.6 is 0 Å². The standard InChI is InChI=1S/C28H31N7O2/c1-18(15-21-9-8-12-23(17-21)20(3)32-28(36)37)30-27-31-19(2)16-25(34-27)35(4)24-13-14-29-26(33-24)22-10-6-5-7-11-22/h5-14,16-18,20,32H,15H2,1-4H3,(H,36,37)(H,30,31,34). The van der Waals surface area contributed by atoms with Crippen LogP contribution in [0.15, 0.2) is 72.9 Å². The van der Waals surface area contributed by atoms with Crippen molar-refractivity contribution in [3.05, 3.63) is 89.7 Å². The normalized spacial score (nSPS) is 12.4. The van der Waals surface area contributed by atoms with Gasteiger partial charge in [-0.2, -0.15) is 4.98 Å². The Morgan fingerprint density at radius 3 is 2.51 bits per heavy atom. The number of nitrogens with zero attached hydrogens (tertiary/aromatic N) is 5. The number of carbonyl (C=O) groups is 1. The van der Waals surface area contributed by atoms with Gasteiger partial charge >= 0.3 is 6.09 Å². The van der Waals surface area contributed by atoms with Crippen molar-refractivity contribution < 1.29 is 9.90 Å². The minimum atomic E-state index is -1.04. The van der Waals surface area contributed by atoms with E-state index in [2.05, 4.69) is 27.5 Å². The van der Waals surface area contributed by atoms with Crippen LogP contribution in [-0.2, 0) is 6.42 Å². The fraction of sp³-hybridized carbons (Fsp3) is 0.250. The van der Waals surface area contributed by atoms with Gasteiger partial charge in [-0.05, 0) is 44.4 Å². The summed E-state index contributed by atoms with van der Waals surface area (Å²) in [6, 6.07) is 21.3. The van der Waals surface area contributed by atoms with Crippen molar-refractivity contribution >= 4 is 23.7 Å². The number of hydrogen-bond donors (Lipinski definition) is 3. The van der Waals surface area contributed by atoms with Gasteiger partial charge in [0.25, 0.3) is 0 Å². The summed E-state index contributed by atoms with van der Waals surface area (Å²) in [5, 5.41) is 14.9. The number of hydrogen-bond acceptors (Lipinski definition) is 7. The molecule has 0 radical (unpaired) electrons. The molecule has 0 saturated heterocycles. The second kappa shape index (κ2) is 11.5. The average Bonchev–Trinajstić information content (AvgIpc) is 2.88. The molecule has 2 aromatic heterocycles. The molecule has 190 valence electrons. The minimum Gasteiger partial charge on any atom is -0.465 e.